The molecule has 0 spiro atoms. The Labute approximate surface area is 114 Å². The van der Waals surface area contributed by atoms with E-state index in [1.165, 1.54) is 18.6 Å². The molecule has 1 aliphatic rings. The van der Waals surface area contributed by atoms with Crippen LogP contribution >= 0.6 is 0 Å². The van der Waals surface area contributed by atoms with Crippen LogP contribution in [0, 0.1) is 0 Å². The third-order valence-electron chi connectivity index (χ3n) is 3.57. The molecule has 1 aromatic carbocycles. The molecule has 106 valence electrons. The van der Waals surface area contributed by atoms with E-state index in [4.69, 9.17) is 10.2 Å². The number of nitrogens with zero attached hydrogens (tertiary/aromatic N) is 1. The van der Waals surface area contributed by atoms with Crippen LogP contribution in [-0.2, 0) is 10.0 Å². The molecule has 1 saturated carbocycles. The van der Waals surface area contributed by atoms with E-state index in [1.54, 1.807) is 12.1 Å². The topological polar surface area (TPSA) is 83.6 Å². The molecule has 2 rings (SSSR count). The molecule has 0 unspecified atom stereocenters. The van der Waals surface area contributed by atoms with Crippen LogP contribution in [0.25, 0.3) is 0 Å². The molecule has 0 heterocycles. The molecule has 6 heteroatoms. The van der Waals surface area contributed by atoms with E-state index in [2.05, 4.69) is 4.90 Å². The van der Waals surface area contributed by atoms with Gasteiger partial charge in [0.05, 0.1) is 4.90 Å². The van der Waals surface area contributed by atoms with Crippen LogP contribution in [0.3, 0.4) is 0 Å². The second-order valence-corrected chi connectivity index (χ2v) is 6.46. The van der Waals surface area contributed by atoms with E-state index in [0.29, 0.717) is 12.5 Å². The second kappa shape index (κ2) is 5.90. The Balaban J connectivity index is 2.16. The van der Waals surface area contributed by atoms with Crippen LogP contribution < -0.4 is 10.0 Å². The number of aliphatic hydroxyl groups excluding tert-OH is 1. The van der Waals surface area contributed by atoms with Crippen molar-refractivity contribution in [2.24, 2.45) is 5.14 Å². The number of benzene rings is 1. The summed E-state index contributed by atoms with van der Waals surface area (Å²) in [5, 5.41) is 14.0. The standard InChI is InChI=1S/C13H20N2O3S/c14-19(17,18)13-7-5-12(6-8-13)15(9-2-10-16)11-3-1-4-11/h5-8,11,16H,1-4,9-10H2,(H2,14,17,18). The SMILES string of the molecule is NS(=O)(=O)c1ccc(N(CCCO)C2CCC2)cc1. The Bertz CT molecular complexity index is 509. The van der Waals surface area contributed by atoms with Crippen molar-refractivity contribution < 1.29 is 13.5 Å². The molecule has 0 atom stereocenters. The summed E-state index contributed by atoms with van der Waals surface area (Å²) in [5.74, 6) is 0. The predicted octanol–water partition coefficient (Wildman–Crippen LogP) is 1.08. The first-order valence-corrected chi connectivity index (χ1v) is 8.07. The van der Waals surface area contributed by atoms with Crippen molar-refractivity contribution in [1.82, 2.24) is 0 Å². The van der Waals surface area contributed by atoms with Gasteiger partial charge in [0.1, 0.15) is 0 Å². The van der Waals surface area contributed by atoms with Gasteiger partial charge >= 0.3 is 0 Å². The molecular weight excluding hydrogens is 264 g/mol. The number of sulfonamides is 1. The molecule has 0 saturated heterocycles. The monoisotopic (exact) mass is 284 g/mol. The number of rotatable bonds is 6. The van der Waals surface area contributed by atoms with E-state index < -0.39 is 10.0 Å². The Kier molecular flexibility index (Phi) is 4.44. The summed E-state index contributed by atoms with van der Waals surface area (Å²) >= 11 is 0. The average Bonchev–Trinajstić information content (AvgIpc) is 2.31. The van der Waals surface area contributed by atoms with Crippen molar-refractivity contribution in [2.75, 3.05) is 18.1 Å². The van der Waals surface area contributed by atoms with Crippen molar-refractivity contribution in [3.63, 3.8) is 0 Å². The molecule has 1 aliphatic carbocycles. The minimum atomic E-state index is -3.63. The number of hydrogen-bond donors (Lipinski definition) is 2. The maximum Gasteiger partial charge on any atom is 0.238 e. The van der Waals surface area contributed by atoms with E-state index in [-0.39, 0.29) is 11.5 Å². The molecule has 3 N–H and O–H groups in total. The fourth-order valence-corrected chi connectivity index (χ4v) is 2.80. The molecule has 0 aliphatic heterocycles. The smallest absolute Gasteiger partial charge is 0.238 e. The summed E-state index contributed by atoms with van der Waals surface area (Å²) in [5.41, 5.74) is 0.991. The summed E-state index contributed by atoms with van der Waals surface area (Å²) < 4.78 is 22.4. The van der Waals surface area contributed by atoms with Gasteiger partial charge in [-0.25, -0.2) is 13.6 Å². The van der Waals surface area contributed by atoms with Crippen LogP contribution in [0.1, 0.15) is 25.7 Å². The highest BCUT2D eigenvalue weighted by atomic mass is 32.2. The molecule has 5 nitrogen and oxygen atoms in total. The fraction of sp³-hybridized carbons (Fsp3) is 0.538. The van der Waals surface area contributed by atoms with Gasteiger partial charge in [-0.3, -0.25) is 0 Å². The zero-order valence-corrected chi connectivity index (χ0v) is 11.6. The number of nitrogens with two attached hydrogens (primary N) is 1. The van der Waals surface area contributed by atoms with E-state index in [1.807, 2.05) is 0 Å². The Morgan fingerprint density at radius 2 is 1.89 bits per heavy atom. The van der Waals surface area contributed by atoms with Gasteiger partial charge in [-0.2, -0.15) is 0 Å². The van der Waals surface area contributed by atoms with Crippen molar-refractivity contribution in [1.29, 1.82) is 0 Å². The summed E-state index contributed by atoms with van der Waals surface area (Å²) in [4.78, 5) is 2.37. The summed E-state index contributed by atoms with van der Waals surface area (Å²) in [6.45, 7) is 0.953. The first kappa shape index (κ1) is 14.3. The number of primary sulfonamides is 1. The Morgan fingerprint density at radius 1 is 1.26 bits per heavy atom. The number of hydrogen-bond acceptors (Lipinski definition) is 4. The lowest BCUT2D eigenvalue weighted by Crippen LogP contribution is -2.41. The van der Waals surface area contributed by atoms with Gasteiger partial charge in [0.2, 0.25) is 10.0 Å². The molecule has 0 aromatic heterocycles. The normalized spacial score (nSPS) is 16.1. The third kappa shape index (κ3) is 3.46. The van der Waals surface area contributed by atoms with Gasteiger partial charge in [-0.1, -0.05) is 0 Å². The van der Waals surface area contributed by atoms with Crippen LogP contribution in [-0.4, -0.2) is 32.7 Å². The summed E-state index contributed by atoms with van der Waals surface area (Å²) in [6, 6.07) is 7.15. The van der Waals surface area contributed by atoms with Crippen LogP contribution in [0.4, 0.5) is 5.69 Å². The number of anilines is 1. The Morgan fingerprint density at radius 3 is 2.32 bits per heavy atom. The predicted molar refractivity (Wildman–Crippen MR) is 74.5 cm³/mol. The molecule has 19 heavy (non-hydrogen) atoms. The average molecular weight is 284 g/mol. The third-order valence-corrected chi connectivity index (χ3v) is 4.50. The van der Waals surface area contributed by atoms with Gasteiger partial charge in [-0.15, -0.1) is 0 Å². The first-order valence-electron chi connectivity index (χ1n) is 6.53. The summed E-state index contributed by atoms with van der Waals surface area (Å²) in [7, 11) is -3.63. The van der Waals surface area contributed by atoms with Crippen LogP contribution in [0.5, 0.6) is 0 Å². The second-order valence-electron chi connectivity index (χ2n) is 4.89. The van der Waals surface area contributed by atoms with Crippen LogP contribution in [0.2, 0.25) is 0 Å². The first-order chi connectivity index (χ1) is 9.02. The number of aliphatic hydroxyl groups is 1. The minimum absolute atomic E-state index is 0.131. The highest BCUT2D eigenvalue weighted by Gasteiger charge is 2.24. The van der Waals surface area contributed by atoms with Gasteiger partial charge in [0, 0.05) is 24.9 Å². The largest absolute Gasteiger partial charge is 0.396 e. The molecular formula is C13H20N2O3S. The lowest BCUT2D eigenvalue weighted by Gasteiger charge is -2.39. The quantitative estimate of drug-likeness (QED) is 0.818. The van der Waals surface area contributed by atoms with Gasteiger partial charge in [-0.05, 0) is 49.9 Å². The van der Waals surface area contributed by atoms with Gasteiger partial charge in [0.15, 0.2) is 0 Å². The zero-order valence-electron chi connectivity index (χ0n) is 10.8. The zero-order chi connectivity index (χ0) is 13.9. The van der Waals surface area contributed by atoms with E-state index in [0.717, 1.165) is 25.1 Å². The van der Waals surface area contributed by atoms with Crippen molar-refractivity contribution >= 4 is 15.7 Å². The maximum absolute atomic E-state index is 11.2. The van der Waals surface area contributed by atoms with E-state index >= 15 is 0 Å². The maximum atomic E-state index is 11.2. The highest BCUT2D eigenvalue weighted by Crippen LogP contribution is 2.30. The highest BCUT2D eigenvalue weighted by molar-refractivity contribution is 7.89. The molecule has 1 fully saturated rings. The van der Waals surface area contributed by atoms with Gasteiger partial charge < -0.3 is 10.0 Å². The van der Waals surface area contributed by atoms with Crippen LogP contribution in [0.15, 0.2) is 29.2 Å². The van der Waals surface area contributed by atoms with Crippen molar-refractivity contribution in [3.05, 3.63) is 24.3 Å². The summed E-state index contributed by atoms with van der Waals surface area (Å²) in [6.07, 6.45) is 4.26. The molecule has 1 aromatic rings. The van der Waals surface area contributed by atoms with Crippen molar-refractivity contribution in [3.8, 4) is 0 Å². The lowest BCUT2D eigenvalue weighted by atomic mass is 9.91. The Hall–Kier alpha value is -1.11. The van der Waals surface area contributed by atoms with Gasteiger partial charge in [0.25, 0.3) is 0 Å². The molecule has 0 bridgehead atoms. The lowest BCUT2D eigenvalue weighted by molar-refractivity contribution is 0.283. The van der Waals surface area contributed by atoms with Crippen molar-refractivity contribution in [2.45, 2.75) is 36.6 Å². The van der Waals surface area contributed by atoms with E-state index in [9.17, 15) is 8.42 Å². The minimum Gasteiger partial charge on any atom is -0.396 e. The fourth-order valence-electron chi connectivity index (χ4n) is 2.29. The molecule has 0 amide bonds. The molecule has 0 radical (unpaired) electrons.